The molecule has 354 valence electrons. The minimum atomic E-state index is -1.01. The maximum Gasteiger partial charge on any atom is 0.317 e. The standard InChI is InChI=1S/C37H58FN13O8.C3H5NO/c1-45-26-40-33-34(42-37(43-35(33)45)50-11-8-27(38)20-50)41-28-21-51(44-36(28)59-2)10-7-5-3-4-6-9-39-29(52)22-46-12-14-47(23-30(53)54)16-18-49(25-32(57)58)19-17-48(15-13-46)24-31(55)56;1-2-3(4)5/h21,26-27H,3-20,22-25H2,1-2H3,(H,39,52)(H,53,54)(H,55,56)(H,57,58)(H,41,42,43);2H,1H2,(H2,4,5). The van der Waals surface area contributed by atoms with Crippen molar-refractivity contribution < 1.29 is 48.4 Å². The molecule has 3 aromatic heterocycles. The topological polar surface area (TPSA) is 283 Å². The number of aryl methyl sites for hydroxylation is 2. The highest BCUT2D eigenvalue weighted by Gasteiger charge is 2.26. The summed E-state index contributed by atoms with van der Waals surface area (Å²) < 4.78 is 23.2. The fourth-order valence-corrected chi connectivity index (χ4v) is 7.21. The molecule has 0 radical (unpaired) electrons. The number of hydrogen-bond acceptors (Lipinski definition) is 16. The number of fused-ring (bicyclic) bond motifs is 1. The van der Waals surface area contributed by atoms with Gasteiger partial charge in [0, 0.05) is 79.0 Å². The van der Waals surface area contributed by atoms with Crippen LogP contribution in [0, 0.1) is 0 Å². The molecule has 64 heavy (non-hydrogen) atoms. The molecule has 2 saturated heterocycles. The van der Waals surface area contributed by atoms with Gasteiger partial charge in [0.1, 0.15) is 11.9 Å². The minimum Gasteiger partial charge on any atom is -0.480 e. The first kappa shape index (κ1) is 50.7. The fraction of sp³-hybridized carbons (Fsp3) is 0.625. The summed E-state index contributed by atoms with van der Waals surface area (Å²) in [5, 5.41) is 39.1. The van der Waals surface area contributed by atoms with Crippen LogP contribution in [-0.2, 0) is 37.6 Å². The number of halogens is 1. The van der Waals surface area contributed by atoms with Crippen molar-refractivity contribution in [3.8, 4) is 5.88 Å². The number of nitrogens with one attached hydrogen (secondary N) is 2. The number of aromatic nitrogens is 6. The molecule has 3 aromatic rings. The average molecular weight is 903 g/mol. The van der Waals surface area contributed by atoms with Gasteiger partial charge in [-0.3, -0.25) is 48.3 Å². The first-order valence-electron chi connectivity index (χ1n) is 21.3. The van der Waals surface area contributed by atoms with E-state index in [1.54, 1.807) is 32.7 Å². The number of aliphatic carboxylic acids is 3. The lowest BCUT2D eigenvalue weighted by atomic mass is 10.1. The number of carbonyl (C=O) groups is 5. The monoisotopic (exact) mass is 902 g/mol. The summed E-state index contributed by atoms with van der Waals surface area (Å²) in [5.74, 6) is -2.34. The van der Waals surface area contributed by atoms with Crippen molar-refractivity contribution >= 4 is 58.3 Å². The number of anilines is 3. The second-order valence-electron chi connectivity index (χ2n) is 15.7. The summed E-state index contributed by atoms with van der Waals surface area (Å²) >= 11 is 0. The Hall–Kier alpha value is -5.98. The van der Waals surface area contributed by atoms with Gasteiger partial charge in [-0.2, -0.15) is 9.97 Å². The third kappa shape index (κ3) is 17.3. The molecule has 1 atom stereocenters. The lowest BCUT2D eigenvalue weighted by Gasteiger charge is -2.32. The van der Waals surface area contributed by atoms with Crippen molar-refractivity contribution in [1.29, 1.82) is 0 Å². The highest BCUT2D eigenvalue weighted by molar-refractivity contribution is 5.87. The van der Waals surface area contributed by atoms with E-state index in [-0.39, 0.29) is 38.6 Å². The van der Waals surface area contributed by atoms with Crippen LogP contribution in [0.2, 0.25) is 0 Å². The number of hydrogen-bond donors (Lipinski definition) is 6. The molecule has 2 amide bonds. The van der Waals surface area contributed by atoms with E-state index in [9.17, 15) is 43.7 Å². The number of unbranched alkanes of at least 4 members (excludes halogenated alkanes) is 4. The van der Waals surface area contributed by atoms with E-state index in [1.807, 2.05) is 27.7 Å². The van der Waals surface area contributed by atoms with Crippen LogP contribution in [0.1, 0.15) is 38.5 Å². The molecule has 0 aromatic carbocycles. The lowest BCUT2D eigenvalue weighted by Crippen LogP contribution is -2.49. The third-order valence-electron chi connectivity index (χ3n) is 10.6. The molecule has 0 aliphatic carbocycles. The smallest absolute Gasteiger partial charge is 0.317 e. The second-order valence-corrected chi connectivity index (χ2v) is 15.7. The van der Waals surface area contributed by atoms with Crippen molar-refractivity contribution in [2.75, 3.05) is 115 Å². The Morgan fingerprint density at radius 2 is 1.38 bits per heavy atom. The highest BCUT2D eigenvalue weighted by Crippen LogP contribution is 2.31. The van der Waals surface area contributed by atoms with Gasteiger partial charge >= 0.3 is 17.9 Å². The summed E-state index contributed by atoms with van der Waals surface area (Å²) in [4.78, 5) is 79.7. The lowest BCUT2D eigenvalue weighted by molar-refractivity contribution is -0.140. The molecule has 1 unspecified atom stereocenters. The maximum absolute atomic E-state index is 14.0. The Kier molecular flexibility index (Phi) is 20.6. The van der Waals surface area contributed by atoms with Gasteiger partial charge in [-0.1, -0.05) is 25.8 Å². The summed E-state index contributed by atoms with van der Waals surface area (Å²) in [6, 6.07) is 0. The predicted octanol–water partition coefficient (Wildman–Crippen LogP) is 0.0600. The quantitative estimate of drug-likeness (QED) is 0.0609. The SMILES string of the molecule is C=CC(N)=O.COc1nn(CCCCCCCNC(=O)CN2CCN(CC(=O)O)CCN(CC(=O)O)CCN(CC(=O)O)CC2)cc1Nc1nc(N2CCC(F)C2)nc2c1ncn2C. The van der Waals surface area contributed by atoms with Crippen LogP contribution in [0.25, 0.3) is 11.2 Å². The number of alkyl halides is 1. The van der Waals surface area contributed by atoms with Crippen molar-refractivity contribution in [2.45, 2.75) is 51.2 Å². The normalized spacial score (nSPS) is 17.2. The molecular weight excluding hydrogens is 840 g/mol. The molecule has 24 heteroatoms. The fourth-order valence-electron chi connectivity index (χ4n) is 7.21. The van der Waals surface area contributed by atoms with Gasteiger partial charge in [0.2, 0.25) is 17.8 Å². The van der Waals surface area contributed by atoms with E-state index in [2.05, 4.69) is 38.0 Å². The first-order chi connectivity index (χ1) is 30.6. The largest absolute Gasteiger partial charge is 0.480 e. The number of nitrogens with two attached hydrogens (primary N) is 1. The van der Waals surface area contributed by atoms with E-state index in [1.165, 1.54) is 0 Å². The number of methoxy groups -OCH3 is 1. The van der Waals surface area contributed by atoms with Crippen LogP contribution in [-0.4, -0.2) is 205 Å². The Morgan fingerprint density at radius 1 is 0.844 bits per heavy atom. The summed E-state index contributed by atoms with van der Waals surface area (Å²) in [5.41, 5.74) is 6.36. The van der Waals surface area contributed by atoms with Crippen molar-refractivity contribution in [3.05, 3.63) is 25.2 Å². The molecule has 5 rings (SSSR count). The van der Waals surface area contributed by atoms with Crippen LogP contribution in [0.3, 0.4) is 0 Å². The Labute approximate surface area is 371 Å². The van der Waals surface area contributed by atoms with Gasteiger partial charge < -0.3 is 45.9 Å². The van der Waals surface area contributed by atoms with Gasteiger partial charge in [-0.05, 0) is 25.3 Å². The summed E-state index contributed by atoms with van der Waals surface area (Å²) in [7, 11) is 3.40. The van der Waals surface area contributed by atoms with Gasteiger partial charge in [0.15, 0.2) is 17.0 Å². The second kappa shape index (κ2) is 26.0. The number of carbonyl (C=O) groups excluding carboxylic acids is 2. The number of carboxylic acid groups (broad SMARTS) is 3. The number of nitrogens with zero attached hydrogens (tertiary/aromatic N) is 11. The van der Waals surface area contributed by atoms with Gasteiger partial charge in [0.25, 0.3) is 5.88 Å². The van der Waals surface area contributed by atoms with Crippen LogP contribution in [0.5, 0.6) is 5.88 Å². The molecule has 2 aliphatic heterocycles. The molecule has 2 fully saturated rings. The highest BCUT2D eigenvalue weighted by atomic mass is 19.1. The zero-order valence-corrected chi connectivity index (χ0v) is 36.7. The molecule has 2 aliphatic rings. The van der Waals surface area contributed by atoms with E-state index >= 15 is 0 Å². The first-order valence-corrected chi connectivity index (χ1v) is 21.3. The van der Waals surface area contributed by atoms with Crippen molar-refractivity contribution in [1.82, 2.24) is 54.2 Å². The van der Waals surface area contributed by atoms with Crippen LogP contribution < -0.4 is 26.0 Å². The predicted molar refractivity (Wildman–Crippen MR) is 234 cm³/mol. The molecule has 7 N–H and O–H groups in total. The number of imidazole rings is 1. The zero-order valence-electron chi connectivity index (χ0n) is 36.7. The van der Waals surface area contributed by atoms with Gasteiger partial charge in [-0.15, -0.1) is 5.10 Å². The molecule has 0 saturated carbocycles. The van der Waals surface area contributed by atoms with E-state index in [0.29, 0.717) is 113 Å². The third-order valence-corrected chi connectivity index (χ3v) is 10.6. The van der Waals surface area contributed by atoms with Crippen molar-refractivity contribution in [3.63, 3.8) is 0 Å². The number of ether oxygens (including phenoxy) is 1. The Bertz CT molecular complexity index is 1980. The number of primary amides is 1. The number of amides is 2. The molecule has 23 nitrogen and oxygen atoms in total. The molecule has 0 spiro atoms. The van der Waals surface area contributed by atoms with Crippen molar-refractivity contribution in [2.24, 2.45) is 12.8 Å². The molecule has 0 bridgehead atoms. The van der Waals surface area contributed by atoms with Gasteiger partial charge in [0.05, 0.1) is 52.4 Å². The number of carboxylic acids is 3. The molecule has 5 heterocycles. The average Bonchev–Trinajstić information content (AvgIpc) is 3.97. The zero-order chi connectivity index (χ0) is 46.6. The summed E-state index contributed by atoms with van der Waals surface area (Å²) in [6.07, 6.45) is 8.61. The number of rotatable bonds is 21. The van der Waals surface area contributed by atoms with Gasteiger partial charge in [-0.25, -0.2) is 9.37 Å². The van der Waals surface area contributed by atoms with Crippen LogP contribution in [0.4, 0.5) is 21.8 Å². The van der Waals surface area contributed by atoms with Crippen LogP contribution >= 0.6 is 0 Å². The summed E-state index contributed by atoms with van der Waals surface area (Å²) in [6.45, 7) is 7.17. The molecular formula is C40H63FN14O9. The van der Waals surface area contributed by atoms with E-state index in [0.717, 1.165) is 38.2 Å². The Balaban J connectivity index is 0.00000170. The van der Waals surface area contributed by atoms with E-state index < -0.39 is 30.0 Å². The van der Waals surface area contributed by atoms with Crippen LogP contribution in [0.15, 0.2) is 25.2 Å². The minimum absolute atomic E-state index is 0.0836. The Morgan fingerprint density at radius 3 is 1.88 bits per heavy atom. The van der Waals surface area contributed by atoms with E-state index in [4.69, 9.17) is 9.72 Å². The maximum atomic E-state index is 14.0.